The molecule has 2 aromatic heterocycles. The Morgan fingerprint density at radius 3 is 2.95 bits per heavy atom. The topological polar surface area (TPSA) is 67.2 Å². The van der Waals surface area contributed by atoms with Crippen LogP contribution in [0.2, 0.25) is 0 Å². The molecule has 21 heavy (non-hydrogen) atoms. The molecule has 3 rings (SSSR count). The molecule has 1 amide bonds. The Morgan fingerprint density at radius 1 is 1.38 bits per heavy atom. The van der Waals surface area contributed by atoms with Gasteiger partial charge in [0.25, 0.3) is 5.91 Å². The summed E-state index contributed by atoms with van der Waals surface area (Å²) in [5.41, 5.74) is 0.555. The molecule has 110 valence electrons. The summed E-state index contributed by atoms with van der Waals surface area (Å²) < 4.78 is 1.52. The van der Waals surface area contributed by atoms with Crippen LogP contribution in [0.25, 0.3) is 5.82 Å². The third-order valence-electron chi connectivity index (χ3n) is 3.74. The van der Waals surface area contributed by atoms with Crippen LogP contribution in [0.1, 0.15) is 17.3 Å². The molecule has 1 aliphatic rings. The van der Waals surface area contributed by atoms with E-state index in [0.29, 0.717) is 11.4 Å². The minimum absolute atomic E-state index is 0.00537. The molecular weight excluding hydrogens is 268 g/mol. The van der Waals surface area contributed by atoms with Gasteiger partial charge in [-0.2, -0.15) is 5.10 Å². The SMILES string of the molecule is C[C@@H]1CN(C)CCN1C(=O)c1cccnc1-n1cncn1. The Morgan fingerprint density at radius 2 is 2.24 bits per heavy atom. The lowest BCUT2D eigenvalue weighted by Gasteiger charge is -2.38. The molecule has 3 heterocycles. The second-order valence-corrected chi connectivity index (χ2v) is 5.32. The van der Waals surface area contributed by atoms with Crippen LogP contribution in [0.4, 0.5) is 0 Å². The smallest absolute Gasteiger partial charge is 0.258 e. The Balaban J connectivity index is 1.92. The van der Waals surface area contributed by atoms with Gasteiger partial charge in [-0.05, 0) is 26.1 Å². The summed E-state index contributed by atoms with van der Waals surface area (Å²) in [7, 11) is 2.07. The number of piperazine rings is 1. The van der Waals surface area contributed by atoms with E-state index in [2.05, 4.69) is 33.9 Å². The lowest BCUT2D eigenvalue weighted by Crippen LogP contribution is -2.52. The van der Waals surface area contributed by atoms with Crippen molar-refractivity contribution in [3.05, 3.63) is 36.5 Å². The summed E-state index contributed by atoms with van der Waals surface area (Å²) in [6.45, 7) is 4.56. The molecule has 0 spiro atoms. The molecule has 2 aromatic rings. The first-order chi connectivity index (χ1) is 10.2. The summed E-state index contributed by atoms with van der Waals surface area (Å²) >= 11 is 0. The van der Waals surface area contributed by atoms with Gasteiger partial charge in [0, 0.05) is 31.9 Å². The first kappa shape index (κ1) is 13.7. The fourth-order valence-electron chi connectivity index (χ4n) is 2.66. The van der Waals surface area contributed by atoms with Crippen LogP contribution in [0.3, 0.4) is 0 Å². The number of aromatic nitrogens is 4. The summed E-state index contributed by atoms with van der Waals surface area (Å²) in [5, 5.41) is 4.07. The van der Waals surface area contributed by atoms with E-state index in [4.69, 9.17) is 0 Å². The lowest BCUT2D eigenvalue weighted by molar-refractivity contribution is 0.0533. The van der Waals surface area contributed by atoms with Crippen molar-refractivity contribution in [3.63, 3.8) is 0 Å². The number of rotatable bonds is 2. The zero-order chi connectivity index (χ0) is 14.8. The number of hydrogen-bond acceptors (Lipinski definition) is 5. The van der Waals surface area contributed by atoms with Gasteiger partial charge in [-0.1, -0.05) is 0 Å². The van der Waals surface area contributed by atoms with Gasteiger partial charge in [-0.3, -0.25) is 4.79 Å². The maximum atomic E-state index is 12.8. The molecule has 0 N–H and O–H groups in total. The number of amides is 1. The largest absolute Gasteiger partial charge is 0.333 e. The molecule has 7 nitrogen and oxygen atoms in total. The van der Waals surface area contributed by atoms with Crippen molar-refractivity contribution >= 4 is 5.91 Å². The highest BCUT2D eigenvalue weighted by atomic mass is 16.2. The van der Waals surface area contributed by atoms with Gasteiger partial charge in [0.05, 0.1) is 5.56 Å². The highest BCUT2D eigenvalue weighted by molar-refractivity contribution is 5.97. The van der Waals surface area contributed by atoms with E-state index in [0.717, 1.165) is 19.6 Å². The van der Waals surface area contributed by atoms with E-state index in [9.17, 15) is 4.79 Å². The summed E-state index contributed by atoms with van der Waals surface area (Å²) in [6, 6.07) is 3.74. The summed E-state index contributed by atoms with van der Waals surface area (Å²) in [5.74, 6) is 0.514. The molecule has 0 bridgehead atoms. The van der Waals surface area contributed by atoms with Gasteiger partial charge in [0.1, 0.15) is 12.7 Å². The molecule has 1 saturated heterocycles. The number of pyridine rings is 1. The molecule has 0 aliphatic carbocycles. The van der Waals surface area contributed by atoms with E-state index in [1.165, 1.54) is 11.0 Å². The van der Waals surface area contributed by atoms with Crippen LogP contribution in [0.5, 0.6) is 0 Å². The third-order valence-corrected chi connectivity index (χ3v) is 3.74. The summed E-state index contributed by atoms with van der Waals surface area (Å²) in [6.07, 6.45) is 4.63. The predicted molar refractivity (Wildman–Crippen MR) is 77.1 cm³/mol. The van der Waals surface area contributed by atoms with Gasteiger partial charge >= 0.3 is 0 Å². The fourth-order valence-corrected chi connectivity index (χ4v) is 2.66. The normalized spacial score (nSPS) is 19.7. The quantitative estimate of drug-likeness (QED) is 0.801. The number of carbonyl (C=O) groups is 1. The van der Waals surface area contributed by atoms with Gasteiger partial charge < -0.3 is 9.80 Å². The van der Waals surface area contributed by atoms with Crippen LogP contribution in [0.15, 0.2) is 31.0 Å². The maximum absolute atomic E-state index is 12.8. The molecule has 0 radical (unpaired) electrons. The molecule has 7 heteroatoms. The second kappa shape index (κ2) is 5.61. The van der Waals surface area contributed by atoms with Crippen molar-refractivity contribution in [2.75, 3.05) is 26.7 Å². The molecule has 1 aliphatic heterocycles. The molecular formula is C14H18N6O. The number of carbonyl (C=O) groups excluding carboxylic acids is 1. The second-order valence-electron chi connectivity index (χ2n) is 5.32. The first-order valence-electron chi connectivity index (χ1n) is 6.96. The Bertz CT molecular complexity index is 626. The van der Waals surface area contributed by atoms with Crippen LogP contribution < -0.4 is 0 Å². The average Bonchev–Trinajstić information content (AvgIpc) is 3.01. The first-order valence-corrected chi connectivity index (χ1v) is 6.96. The molecule has 1 atom stereocenters. The van der Waals surface area contributed by atoms with Gasteiger partial charge in [0.15, 0.2) is 5.82 Å². The van der Waals surface area contributed by atoms with E-state index < -0.39 is 0 Å². The predicted octanol–water partition coefficient (Wildman–Crippen LogP) is 0.438. The Kier molecular flexibility index (Phi) is 3.66. The zero-order valence-electron chi connectivity index (χ0n) is 12.2. The number of likely N-dealkylation sites (N-methyl/N-ethyl adjacent to an activating group) is 1. The average molecular weight is 286 g/mol. The minimum atomic E-state index is -0.00537. The van der Waals surface area contributed by atoms with Crippen molar-refractivity contribution in [1.82, 2.24) is 29.5 Å². The standard InChI is InChI=1S/C14H18N6O/c1-11-8-18(2)6-7-19(11)14(21)12-4-3-5-16-13(12)20-10-15-9-17-20/h3-5,9-11H,6-8H2,1-2H3/t11-/m1/s1. The van der Waals surface area contributed by atoms with Gasteiger partial charge in [0.2, 0.25) is 0 Å². The zero-order valence-corrected chi connectivity index (χ0v) is 12.2. The third kappa shape index (κ3) is 2.64. The maximum Gasteiger partial charge on any atom is 0.258 e. The molecule has 0 aromatic carbocycles. The fraction of sp³-hybridized carbons (Fsp3) is 0.429. The Labute approximate surface area is 123 Å². The van der Waals surface area contributed by atoms with E-state index in [-0.39, 0.29) is 11.9 Å². The molecule has 0 unspecified atom stereocenters. The van der Waals surface area contributed by atoms with E-state index in [1.54, 1.807) is 24.7 Å². The van der Waals surface area contributed by atoms with Crippen molar-refractivity contribution in [3.8, 4) is 5.82 Å². The lowest BCUT2D eigenvalue weighted by atomic mass is 10.1. The number of hydrogen-bond donors (Lipinski definition) is 0. The van der Waals surface area contributed by atoms with Crippen molar-refractivity contribution in [2.24, 2.45) is 0 Å². The van der Waals surface area contributed by atoms with E-state index in [1.807, 2.05) is 4.90 Å². The molecule has 1 fully saturated rings. The van der Waals surface area contributed by atoms with Crippen molar-refractivity contribution in [2.45, 2.75) is 13.0 Å². The highest BCUT2D eigenvalue weighted by Crippen LogP contribution is 2.17. The number of nitrogens with zero attached hydrogens (tertiary/aromatic N) is 6. The van der Waals surface area contributed by atoms with Crippen LogP contribution in [0, 0.1) is 0 Å². The summed E-state index contributed by atoms with van der Waals surface area (Å²) in [4.78, 5) is 25.2. The van der Waals surface area contributed by atoms with Gasteiger partial charge in [-0.25, -0.2) is 14.6 Å². The minimum Gasteiger partial charge on any atom is -0.333 e. The van der Waals surface area contributed by atoms with Crippen molar-refractivity contribution < 1.29 is 4.79 Å². The van der Waals surface area contributed by atoms with Crippen molar-refractivity contribution in [1.29, 1.82) is 0 Å². The Hall–Kier alpha value is -2.28. The van der Waals surface area contributed by atoms with Crippen LogP contribution in [-0.2, 0) is 0 Å². The van der Waals surface area contributed by atoms with Crippen LogP contribution in [-0.4, -0.2) is 68.2 Å². The van der Waals surface area contributed by atoms with E-state index >= 15 is 0 Å². The van der Waals surface area contributed by atoms with Crippen LogP contribution >= 0.6 is 0 Å². The highest BCUT2D eigenvalue weighted by Gasteiger charge is 2.28. The molecule has 0 saturated carbocycles. The monoisotopic (exact) mass is 286 g/mol. The van der Waals surface area contributed by atoms with Gasteiger partial charge in [-0.15, -0.1) is 0 Å².